The molecule has 1 amide bonds. The van der Waals surface area contributed by atoms with E-state index in [0.717, 1.165) is 10.2 Å². The molecular weight excluding hydrogens is 465 g/mol. The third-order valence-corrected chi connectivity index (χ3v) is 8.59. The van der Waals surface area contributed by atoms with Crippen molar-refractivity contribution in [2.45, 2.75) is 32.2 Å². The molecule has 3 rings (SSSR count). The molecule has 0 spiro atoms. The minimum absolute atomic E-state index is 0.145. The third kappa shape index (κ3) is 4.20. The zero-order chi connectivity index (χ0) is 22.1. The Morgan fingerprint density at radius 1 is 1.03 bits per heavy atom. The summed E-state index contributed by atoms with van der Waals surface area (Å²) < 4.78 is 29.2. The lowest BCUT2D eigenvalue weighted by Gasteiger charge is -2.18. The topological polar surface area (TPSA) is 71.7 Å². The van der Waals surface area contributed by atoms with Gasteiger partial charge in [-0.15, -0.1) is 0 Å². The second-order valence-electron chi connectivity index (χ2n) is 6.37. The van der Waals surface area contributed by atoms with E-state index in [1.807, 2.05) is 11.5 Å². The summed E-state index contributed by atoms with van der Waals surface area (Å²) >= 11 is 13.9. The highest BCUT2D eigenvalue weighted by molar-refractivity contribution is 7.89. The predicted octanol–water partition coefficient (Wildman–Crippen LogP) is 4.80. The Morgan fingerprint density at radius 3 is 2.20 bits per heavy atom. The number of fused-ring (bicyclic) bond motifs is 1. The number of aromatic nitrogens is 1. The highest BCUT2D eigenvalue weighted by atomic mass is 35.5. The van der Waals surface area contributed by atoms with Crippen molar-refractivity contribution in [1.82, 2.24) is 8.87 Å². The van der Waals surface area contributed by atoms with Crippen LogP contribution in [0.3, 0.4) is 0 Å². The van der Waals surface area contributed by atoms with Gasteiger partial charge in [0.1, 0.15) is 0 Å². The molecule has 0 atom stereocenters. The Labute approximate surface area is 189 Å². The van der Waals surface area contributed by atoms with Gasteiger partial charge >= 0.3 is 0 Å². The van der Waals surface area contributed by atoms with Gasteiger partial charge in [-0.2, -0.15) is 9.30 Å². The standard InChI is InChI=1S/C20H21Cl2N3O3S2/c1-4-24(5-2)30(27,28)14-9-7-13(8-10-14)19(26)23-20-25(6-3)17-15(21)11-12-16(22)18(17)29-20/h7-12H,4-6H2,1-3H3. The second-order valence-corrected chi connectivity index (χ2v) is 10.1. The minimum atomic E-state index is -3.58. The number of rotatable bonds is 6. The van der Waals surface area contributed by atoms with Gasteiger partial charge in [0.05, 0.1) is 25.2 Å². The van der Waals surface area contributed by atoms with E-state index >= 15 is 0 Å². The average Bonchev–Trinajstić information content (AvgIpc) is 3.11. The Hall–Kier alpha value is -1.71. The Bertz CT molecular complexity index is 1260. The van der Waals surface area contributed by atoms with Crippen LogP contribution in [0.2, 0.25) is 10.0 Å². The van der Waals surface area contributed by atoms with Crippen molar-refractivity contribution in [2.75, 3.05) is 13.1 Å². The molecule has 1 aromatic heterocycles. The monoisotopic (exact) mass is 485 g/mol. The number of sulfonamides is 1. The summed E-state index contributed by atoms with van der Waals surface area (Å²) in [6.07, 6.45) is 0. The van der Waals surface area contributed by atoms with Crippen LogP contribution >= 0.6 is 34.5 Å². The molecule has 160 valence electrons. The van der Waals surface area contributed by atoms with Crippen molar-refractivity contribution in [3.63, 3.8) is 0 Å². The van der Waals surface area contributed by atoms with Crippen LogP contribution in [0.25, 0.3) is 10.2 Å². The van der Waals surface area contributed by atoms with Crippen molar-refractivity contribution in [3.05, 3.63) is 56.8 Å². The molecule has 0 aliphatic rings. The van der Waals surface area contributed by atoms with E-state index in [2.05, 4.69) is 4.99 Å². The average molecular weight is 486 g/mol. The Balaban J connectivity index is 2.02. The highest BCUT2D eigenvalue weighted by Crippen LogP contribution is 2.31. The molecule has 0 aliphatic heterocycles. The Morgan fingerprint density at radius 2 is 1.63 bits per heavy atom. The molecule has 0 aliphatic carbocycles. The maximum absolute atomic E-state index is 12.7. The molecule has 0 saturated heterocycles. The number of carbonyl (C=O) groups excluding carboxylic acids is 1. The number of nitrogens with zero attached hydrogens (tertiary/aromatic N) is 3. The smallest absolute Gasteiger partial charge is 0.279 e. The molecule has 0 bridgehead atoms. The van der Waals surface area contributed by atoms with Gasteiger partial charge in [0.25, 0.3) is 5.91 Å². The summed E-state index contributed by atoms with van der Waals surface area (Å²) in [6.45, 7) is 6.81. The summed E-state index contributed by atoms with van der Waals surface area (Å²) in [5.41, 5.74) is 1.04. The first-order valence-corrected chi connectivity index (χ1v) is 12.4. The molecule has 0 radical (unpaired) electrons. The lowest BCUT2D eigenvalue weighted by Crippen LogP contribution is -2.30. The number of hydrogen-bond acceptors (Lipinski definition) is 4. The van der Waals surface area contributed by atoms with Crippen LogP contribution in [0.4, 0.5) is 0 Å². The number of halogens is 2. The van der Waals surface area contributed by atoms with Gasteiger partial charge in [0.15, 0.2) is 4.80 Å². The van der Waals surface area contributed by atoms with Gasteiger partial charge < -0.3 is 4.57 Å². The zero-order valence-corrected chi connectivity index (χ0v) is 19.9. The van der Waals surface area contributed by atoms with E-state index < -0.39 is 15.9 Å². The van der Waals surface area contributed by atoms with Crippen LogP contribution in [0.5, 0.6) is 0 Å². The molecule has 1 heterocycles. The number of hydrogen-bond donors (Lipinski definition) is 0. The fraction of sp³-hybridized carbons (Fsp3) is 0.300. The van der Waals surface area contributed by atoms with Crippen LogP contribution in [0.1, 0.15) is 31.1 Å². The van der Waals surface area contributed by atoms with E-state index in [4.69, 9.17) is 23.2 Å². The fourth-order valence-corrected chi connectivity index (χ4v) is 6.29. The maximum Gasteiger partial charge on any atom is 0.279 e. The SMILES string of the molecule is CCN(CC)S(=O)(=O)c1ccc(C(=O)N=c2sc3c(Cl)ccc(Cl)c3n2CC)cc1. The largest absolute Gasteiger partial charge is 0.315 e. The molecule has 2 aromatic carbocycles. The first-order chi connectivity index (χ1) is 14.2. The van der Waals surface area contributed by atoms with Crippen LogP contribution in [0.15, 0.2) is 46.3 Å². The van der Waals surface area contributed by atoms with Crippen LogP contribution in [-0.2, 0) is 16.6 Å². The van der Waals surface area contributed by atoms with Crippen molar-refractivity contribution >= 4 is 60.7 Å². The molecule has 30 heavy (non-hydrogen) atoms. The van der Waals surface area contributed by atoms with Crippen molar-refractivity contribution < 1.29 is 13.2 Å². The van der Waals surface area contributed by atoms with Gasteiger partial charge in [-0.1, -0.05) is 48.4 Å². The molecule has 0 saturated carbocycles. The first-order valence-electron chi connectivity index (χ1n) is 9.41. The van der Waals surface area contributed by atoms with E-state index in [1.54, 1.807) is 26.0 Å². The lowest BCUT2D eigenvalue weighted by atomic mass is 10.2. The van der Waals surface area contributed by atoms with E-state index in [-0.39, 0.29) is 4.90 Å². The number of aryl methyl sites for hydroxylation is 1. The number of carbonyl (C=O) groups is 1. The minimum Gasteiger partial charge on any atom is -0.315 e. The summed E-state index contributed by atoms with van der Waals surface area (Å²) in [4.78, 5) is 17.6. The predicted molar refractivity (Wildman–Crippen MR) is 122 cm³/mol. The molecule has 10 heteroatoms. The van der Waals surface area contributed by atoms with E-state index in [1.165, 1.54) is 39.9 Å². The quantitative estimate of drug-likeness (QED) is 0.503. The Kier molecular flexibility index (Phi) is 7.04. The molecule has 6 nitrogen and oxygen atoms in total. The van der Waals surface area contributed by atoms with E-state index in [0.29, 0.717) is 40.0 Å². The van der Waals surface area contributed by atoms with Gasteiger partial charge in [-0.25, -0.2) is 8.42 Å². The molecule has 0 fully saturated rings. The number of thiazole rings is 1. The molecular formula is C20H21Cl2N3O3S2. The zero-order valence-electron chi connectivity index (χ0n) is 16.7. The fourth-order valence-electron chi connectivity index (χ4n) is 3.12. The van der Waals surface area contributed by atoms with Crippen molar-refractivity contribution in [2.24, 2.45) is 4.99 Å². The third-order valence-electron chi connectivity index (χ3n) is 4.69. The van der Waals surface area contributed by atoms with Crippen molar-refractivity contribution in [1.29, 1.82) is 0 Å². The number of benzene rings is 2. The van der Waals surface area contributed by atoms with Gasteiger partial charge in [0.2, 0.25) is 10.0 Å². The molecule has 0 N–H and O–H groups in total. The summed E-state index contributed by atoms with van der Waals surface area (Å²) in [6, 6.07) is 9.25. The second kappa shape index (κ2) is 9.20. The normalized spacial score (nSPS) is 12.8. The first kappa shape index (κ1) is 23.0. The van der Waals surface area contributed by atoms with Gasteiger partial charge in [-0.3, -0.25) is 4.79 Å². The van der Waals surface area contributed by atoms with Crippen molar-refractivity contribution in [3.8, 4) is 0 Å². The van der Waals surface area contributed by atoms with Crippen LogP contribution in [0, 0.1) is 0 Å². The summed E-state index contributed by atoms with van der Waals surface area (Å²) in [5.74, 6) is -0.470. The van der Waals surface area contributed by atoms with Gasteiger partial charge in [0, 0.05) is 25.2 Å². The number of amides is 1. The van der Waals surface area contributed by atoms with Crippen LogP contribution < -0.4 is 4.80 Å². The summed E-state index contributed by atoms with van der Waals surface area (Å²) in [7, 11) is -3.58. The highest BCUT2D eigenvalue weighted by Gasteiger charge is 2.21. The van der Waals surface area contributed by atoms with Crippen LogP contribution in [-0.4, -0.2) is 36.3 Å². The van der Waals surface area contributed by atoms with E-state index in [9.17, 15) is 13.2 Å². The summed E-state index contributed by atoms with van der Waals surface area (Å²) in [5, 5.41) is 1.08. The molecule has 3 aromatic rings. The van der Waals surface area contributed by atoms with Gasteiger partial charge in [-0.05, 0) is 43.3 Å². The maximum atomic E-state index is 12.7. The lowest BCUT2D eigenvalue weighted by molar-refractivity contribution is 0.0997. The molecule has 0 unspecified atom stereocenters.